The van der Waals surface area contributed by atoms with Gasteiger partial charge < -0.3 is 9.13 Å². The Hall–Kier alpha value is -1.90. The van der Waals surface area contributed by atoms with E-state index in [1.54, 1.807) is 0 Å². The lowest BCUT2D eigenvalue weighted by Crippen LogP contribution is -1.95. The standard InChI is InChI=1S/2C10H10ClN/c2*11-6-8-12-7-5-9-3-1-2-4-10(9)12/h2*1-5,7H,6,8H2. The molecule has 4 heteroatoms. The normalized spacial score (nSPS) is 10.8. The van der Waals surface area contributed by atoms with Crippen molar-refractivity contribution in [2.45, 2.75) is 13.1 Å². The second kappa shape index (κ2) is 8.27. The number of rotatable bonds is 4. The average molecular weight is 359 g/mol. The van der Waals surface area contributed by atoms with Crippen molar-refractivity contribution in [1.82, 2.24) is 9.13 Å². The molecule has 0 N–H and O–H groups in total. The van der Waals surface area contributed by atoms with Crippen LogP contribution in [-0.4, -0.2) is 20.9 Å². The molecule has 0 fully saturated rings. The van der Waals surface area contributed by atoms with Crippen molar-refractivity contribution in [1.29, 1.82) is 0 Å². The van der Waals surface area contributed by atoms with E-state index in [1.165, 1.54) is 21.8 Å². The van der Waals surface area contributed by atoms with Gasteiger partial charge in [0.25, 0.3) is 0 Å². The first-order chi connectivity index (χ1) is 11.8. The van der Waals surface area contributed by atoms with Crippen LogP contribution in [0.5, 0.6) is 0 Å². The molecule has 124 valence electrons. The number of alkyl halides is 2. The molecule has 0 radical (unpaired) electrons. The lowest BCUT2D eigenvalue weighted by Gasteiger charge is -2.00. The van der Waals surface area contributed by atoms with Crippen molar-refractivity contribution in [2.24, 2.45) is 0 Å². The summed E-state index contributed by atoms with van der Waals surface area (Å²) in [7, 11) is 0. The van der Waals surface area contributed by atoms with E-state index in [1.807, 2.05) is 24.3 Å². The predicted molar refractivity (Wildman–Crippen MR) is 105 cm³/mol. The van der Waals surface area contributed by atoms with Gasteiger partial charge in [-0.1, -0.05) is 36.4 Å². The monoisotopic (exact) mass is 358 g/mol. The molecule has 0 atom stereocenters. The van der Waals surface area contributed by atoms with E-state index in [0.29, 0.717) is 11.8 Å². The summed E-state index contributed by atoms with van der Waals surface area (Å²) in [4.78, 5) is 0. The fourth-order valence-corrected chi connectivity index (χ4v) is 3.22. The van der Waals surface area contributed by atoms with Crippen molar-refractivity contribution in [3.8, 4) is 0 Å². The topological polar surface area (TPSA) is 9.86 Å². The summed E-state index contributed by atoms with van der Waals surface area (Å²) in [6.45, 7) is 1.77. The van der Waals surface area contributed by atoms with Crippen LogP contribution in [0.2, 0.25) is 0 Å². The second-order valence-electron chi connectivity index (χ2n) is 5.51. The van der Waals surface area contributed by atoms with Crippen molar-refractivity contribution in [3.05, 3.63) is 73.1 Å². The lowest BCUT2D eigenvalue weighted by molar-refractivity contribution is 0.804. The second-order valence-corrected chi connectivity index (χ2v) is 6.27. The Labute approximate surface area is 152 Å². The molecular formula is C20H20Cl2N2. The molecule has 0 unspecified atom stereocenters. The third-order valence-corrected chi connectivity index (χ3v) is 4.35. The largest absolute Gasteiger partial charge is 0.346 e. The van der Waals surface area contributed by atoms with E-state index in [0.717, 1.165) is 13.1 Å². The van der Waals surface area contributed by atoms with E-state index in [4.69, 9.17) is 23.2 Å². The number of hydrogen-bond acceptors (Lipinski definition) is 0. The zero-order chi connectivity index (χ0) is 16.8. The summed E-state index contributed by atoms with van der Waals surface area (Å²) in [5.41, 5.74) is 2.52. The highest BCUT2D eigenvalue weighted by Gasteiger charge is 1.98. The van der Waals surface area contributed by atoms with E-state index in [9.17, 15) is 0 Å². The number of fused-ring (bicyclic) bond motifs is 2. The molecule has 0 saturated carbocycles. The molecule has 2 heterocycles. The molecule has 0 saturated heterocycles. The molecule has 4 aromatic rings. The zero-order valence-electron chi connectivity index (χ0n) is 13.4. The van der Waals surface area contributed by atoms with E-state index in [-0.39, 0.29) is 0 Å². The Morgan fingerprint density at radius 2 is 1.00 bits per heavy atom. The third kappa shape index (κ3) is 3.77. The molecule has 0 aliphatic heterocycles. The Balaban J connectivity index is 0.000000141. The Kier molecular flexibility index (Phi) is 5.84. The van der Waals surface area contributed by atoms with Gasteiger partial charge in [-0.2, -0.15) is 0 Å². The van der Waals surface area contributed by atoms with Crippen molar-refractivity contribution < 1.29 is 0 Å². The van der Waals surface area contributed by atoms with Gasteiger partial charge in [-0.05, 0) is 35.0 Å². The first kappa shape index (κ1) is 16.9. The molecular weight excluding hydrogens is 339 g/mol. The first-order valence-corrected chi connectivity index (χ1v) is 9.10. The lowest BCUT2D eigenvalue weighted by atomic mass is 10.2. The fraction of sp³-hybridized carbons (Fsp3) is 0.200. The molecule has 0 aliphatic rings. The van der Waals surface area contributed by atoms with Crippen molar-refractivity contribution in [2.75, 3.05) is 11.8 Å². The van der Waals surface area contributed by atoms with Crippen LogP contribution in [0, 0.1) is 0 Å². The van der Waals surface area contributed by atoms with Gasteiger partial charge >= 0.3 is 0 Å². The summed E-state index contributed by atoms with van der Waals surface area (Å²) < 4.78 is 4.34. The summed E-state index contributed by atoms with van der Waals surface area (Å²) >= 11 is 11.3. The van der Waals surface area contributed by atoms with Gasteiger partial charge in [-0.3, -0.25) is 0 Å². The van der Waals surface area contributed by atoms with Crippen LogP contribution in [0.1, 0.15) is 0 Å². The molecule has 2 aromatic heterocycles. The van der Waals surface area contributed by atoms with Gasteiger partial charge in [0.15, 0.2) is 0 Å². The molecule has 0 amide bonds. The number of nitrogens with zero attached hydrogens (tertiary/aromatic N) is 2. The minimum absolute atomic E-state index is 0.665. The minimum atomic E-state index is 0.665. The molecule has 0 spiro atoms. The number of aryl methyl sites for hydroxylation is 2. The third-order valence-electron chi connectivity index (χ3n) is 4.01. The highest BCUT2D eigenvalue weighted by Crippen LogP contribution is 2.15. The highest BCUT2D eigenvalue weighted by molar-refractivity contribution is 6.18. The van der Waals surface area contributed by atoms with Crippen LogP contribution in [0.15, 0.2) is 73.1 Å². The van der Waals surface area contributed by atoms with E-state index < -0.39 is 0 Å². The van der Waals surface area contributed by atoms with Crippen LogP contribution in [0.25, 0.3) is 21.8 Å². The summed E-state index contributed by atoms with van der Waals surface area (Å²) in [6, 6.07) is 20.9. The predicted octanol–water partition coefficient (Wildman–Crippen LogP) is 5.76. The average Bonchev–Trinajstić information content (AvgIpc) is 3.22. The first-order valence-electron chi connectivity index (χ1n) is 8.03. The van der Waals surface area contributed by atoms with Gasteiger partial charge in [-0.25, -0.2) is 0 Å². The molecule has 24 heavy (non-hydrogen) atoms. The molecule has 2 nitrogen and oxygen atoms in total. The van der Waals surface area contributed by atoms with Crippen LogP contribution in [0.4, 0.5) is 0 Å². The van der Waals surface area contributed by atoms with Crippen molar-refractivity contribution in [3.63, 3.8) is 0 Å². The van der Waals surface area contributed by atoms with Gasteiger partial charge in [0.05, 0.1) is 0 Å². The maximum Gasteiger partial charge on any atom is 0.0480 e. The Bertz CT molecular complexity index is 832. The fourth-order valence-electron chi connectivity index (χ4n) is 2.85. The summed E-state index contributed by atoms with van der Waals surface area (Å²) in [5, 5.41) is 2.56. The maximum atomic E-state index is 5.67. The maximum absolute atomic E-state index is 5.67. The Morgan fingerprint density at radius 3 is 1.42 bits per heavy atom. The number of benzene rings is 2. The zero-order valence-corrected chi connectivity index (χ0v) is 14.9. The van der Waals surface area contributed by atoms with Crippen LogP contribution in [0.3, 0.4) is 0 Å². The molecule has 4 rings (SSSR count). The number of aromatic nitrogens is 2. The molecule has 0 aliphatic carbocycles. The van der Waals surface area contributed by atoms with E-state index >= 15 is 0 Å². The molecule has 2 aromatic carbocycles. The van der Waals surface area contributed by atoms with Crippen LogP contribution >= 0.6 is 23.2 Å². The summed E-state index contributed by atoms with van der Waals surface area (Å²) in [5.74, 6) is 1.33. The molecule has 0 bridgehead atoms. The smallest absolute Gasteiger partial charge is 0.0480 e. The van der Waals surface area contributed by atoms with Gasteiger partial charge in [0.1, 0.15) is 0 Å². The SMILES string of the molecule is ClCCn1ccc2ccccc21.ClCCn1ccc2ccccc21. The van der Waals surface area contributed by atoms with Crippen LogP contribution in [-0.2, 0) is 13.1 Å². The van der Waals surface area contributed by atoms with Gasteiger partial charge in [0.2, 0.25) is 0 Å². The van der Waals surface area contributed by atoms with Gasteiger partial charge in [0, 0.05) is 48.3 Å². The highest BCUT2D eigenvalue weighted by atomic mass is 35.5. The minimum Gasteiger partial charge on any atom is -0.346 e. The quantitative estimate of drug-likeness (QED) is 0.410. The number of para-hydroxylation sites is 2. The Morgan fingerprint density at radius 1 is 0.583 bits per heavy atom. The summed E-state index contributed by atoms with van der Waals surface area (Å²) in [6.07, 6.45) is 4.15. The van der Waals surface area contributed by atoms with Crippen molar-refractivity contribution >= 4 is 45.0 Å². The number of halogens is 2. The number of hydrogen-bond donors (Lipinski definition) is 0. The van der Waals surface area contributed by atoms with Crippen LogP contribution < -0.4 is 0 Å². The van der Waals surface area contributed by atoms with E-state index in [2.05, 4.69) is 57.9 Å². The van der Waals surface area contributed by atoms with Gasteiger partial charge in [-0.15, -0.1) is 23.2 Å².